The molecule has 5 aromatic carbocycles. The van der Waals surface area contributed by atoms with Crippen molar-refractivity contribution in [3.63, 3.8) is 0 Å². The summed E-state index contributed by atoms with van der Waals surface area (Å²) in [5.41, 5.74) is 13.8. The monoisotopic (exact) mass is 639 g/mol. The minimum absolute atomic E-state index is 0.912. The number of para-hydroxylation sites is 3. The third kappa shape index (κ3) is 4.45. The Morgan fingerprint density at radius 2 is 1.02 bits per heavy atom. The molecule has 0 radical (unpaired) electrons. The maximum Gasteiger partial charge on any atom is 0.0963 e. The van der Waals surface area contributed by atoms with Gasteiger partial charge in [-0.25, -0.2) is 0 Å². The Morgan fingerprint density at radius 3 is 1.78 bits per heavy atom. The molecule has 0 aliphatic carbocycles. The number of benzene rings is 5. The van der Waals surface area contributed by atoms with Crippen molar-refractivity contribution in [2.75, 3.05) is 0 Å². The van der Waals surface area contributed by atoms with Crippen molar-refractivity contribution in [3.05, 3.63) is 176 Å². The third-order valence-electron chi connectivity index (χ3n) is 9.64. The molecule has 5 nitrogen and oxygen atoms in total. The van der Waals surface area contributed by atoms with Crippen molar-refractivity contribution in [1.82, 2.24) is 24.1 Å². The number of pyridine rings is 3. The summed E-state index contributed by atoms with van der Waals surface area (Å²) in [6.07, 6.45) is 5.56. The quantitative estimate of drug-likeness (QED) is 0.188. The SMILES string of the molecule is c1ccc(-n2c3ccccc3c3cccc(-c4ccc5c(c4)c4ncccc4n5-c4cc(-c5ccccn5)cc(-c5ccccn5)c4)c32)cc1. The summed E-state index contributed by atoms with van der Waals surface area (Å²) >= 11 is 0. The molecular weight excluding hydrogens is 611 g/mol. The van der Waals surface area contributed by atoms with Gasteiger partial charge < -0.3 is 9.13 Å². The van der Waals surface area contributed by atoms with E-state index in [2.05, 4.69) is 137 Å². The molecule has 0 saturated heterocycles. The van der Waals surface area contributed by atoms with E-state index in [-0.39, 0.29) is 0 Å². The normalized spacial score (nSPS) is 11.6. The van der Waals surface area contributed by atoms with Crippen molar-refractivity contribution < 1.29 is 0 Å². The molecule has 10 rings (SSSR count). The topological polar surface area (TPSA) is 48.5 Å². The molecule has 0 unspecified atom stereocenters. The van der Waals surface area contributed by atoms with Crippen LogP contribution in [0.15, 0.2) is 176 Å². The first-order valence-electron chi connectivity index (χ1n) is 16.8. The fourth-order valence-electron chi connectivity index (χ4n) is 7.48. The van der Waals surface area contributed by atoms with Crippen LogP contribution < -0.4 is 0 Å². The molecule has 0 amide bonds. The van der Waals surface area contributed by atoms with Gasteiger partial charge in [0.15, 0.2) is 0 Å². The lowest BCUT2D eigenvalue weighted by Crippen LogP contribution is -1.97. The van der Waals surface area contributed by atoms with Gasteiger partial charge in [0, 0.05) is 62.8 Å². The molecule has 10 aromatic rings. The molecule has 0 atom stereocenters. The second-order valence-electron chi connectivity index (χ2n) is 12.5. The van der Waals surface area contributed by atoms with Crippen molar-refractivity contribution in [2.24, 2.45) is 0 Å². The zero-order valence-corrected chi connectivity index (χ0v) is 27.0. The van der Waals surface area contributed by atoms with E-state index in [0.717, 1.165) is 61.4 Å². The van der Waals surface area contributed by atoms with Gasteiger partial charge in [-0.05, 0) is 90.5 Å². The van der Waals surface area contributed by atoms with Crippen LogP contribution in [-0.4, -0.2) is 24.1 Å². The van der Waals surface area contributed by atoms with Crippen molar-refractivity contribution in [1.29, 1.82) is 0 Å². The van der Waals surface area contributed by atoms with Crippen LogP contribution in [0.5, 0.6) is 0 Å². The Morgan fingerprint density at radius 1 is 0.360 bits per heavy atom. The number of hydrogen-bond acceptors (Lipinski definition) is 3. The molecule has 50 heavy (non-hydrogen) atoms. The molecule has 5 aromatic heterocycles. The highest BCUT2D eigenvalue weighted by Gasteiger charge is 2.19. The van der Waals surface area contributed by atoms with Crippen LogP contribution in [0.2, 0.25) is 0 Å². The summed E-state index contributed by atoms with van der Waals surface area (Å²) in [7, 11) is 0. The highest BCUT2D eigenvalue weighted by molar-refractivity contribution is 6.15. The standard InChI is InChI=1S/C45H29N5/c1-2-12-33(13-3-1)50-41-19-5-4-14-36(41)37-16-10-15-35(45(37)50)30-21-22-42-38(29-30)44-43(20-11-25-48-44)49(42)34-27-31(39-17-6-8-23-46-39)26-32(28-34)40-18-7-9-24-47-40/h1-29H. The molecule has 234 valence electrons. The zero-order valence-electron chi connectivity index (χ0n) is 27.0. The highest BCUT2D eigenvalue weighted by Crippen LogP contribution is 2.41. The maximum atomic E-state index is 4.96. The summed E-state index contributed by atoms with van der Waals surface area (Å²) in [6.45, 7) is 0. The van der Waals surface area contributed by atoms with Crippen LogP contribution in [0.3, 0.4) is 0 Å². The van der Waals surface area contributed by atoms with E-state index >= 15 is 0 Å². The molecule has 5 heterocycles. The van der Waals surface area contributed by atoms with Crippen molar-refractivity contribution in [2.45, 2.75) is 0 Å². The van der Waals surface area contributed by atoms with Gasteiger partial charge in [-0.3, -0.25) is 15.0 Å². The Kier molecular flexibility index (Phi) is 6.42. The van der Waals surface area contributed by atoms with E-state index in [9.17, 15) is 0 Å². The molecular formula is C45H29N5. The maximum absolute atomic E-state index is 4.96. The van der Waals surface area contributed by atoms with E-state index in [1.54, 1.807) is 0 Å². The summed E-state index contributed by atoms with van der Waals surface area (Å²) < 4.78 is 4.72. The Bertz CT molecular complexity index is 2800. The van der Waals surface area contributed by atoms with Gasteiger partial charge in [0.05, 0.1) is 39.0 Å². The first kappa shape index (κ1) is 28.2. The fourth-order valence-corrected chi connectivity index (χ4v) is 7.48. The fraction of sp³-hybridized carbons (Fsp3) is 0. The largest absolute Gasteiger partial charge is 0.309 e. The van der Waals surface area contributed by atoms with E-state index in [4.69, 9.17) is 15.0 Å². The van der Waals surface area contributed by atoms with Crippen LogP contribution in [0.25, 0.3) is 88.8 Å². The van der Waals surface area contributed by atoms with Crippen molar-refractivity contribution in [3.8, 4) is 45.0 Å². The van der Waals surface area contributed by atoms with Gasteiger partial charge in [-0.1, -0.05) is 72.8 Å². The highest BCUT2D eigenvalue weighted by atomic mass is 15.0. The average molecular weight is 640 g/mol. The molecule has 0 saturated carbocycles. The number of aromatic nitrogens is 5. The number of fused-ring (bicyclic) bond motifs is 6. The molecule has 0 aliphatic heterocycles. The minimum Gasteiger partial charge on any atom is -0.309 e. The lowest BCUT2D eigenvalue weighted by molar-refractivity contribution is 1.17. The van der Waals surface area contributed by atoms with E-state index in [1.807, 2.05) is 48.9 Å². The van der Waals surface area contributed by atoms with Crippen LogP contribution in [-0.2, 0) is 0 Å². The van der Waals surface area contributed by atoms with Crippen LogP contribution in [0.1, 0.15) is 0 Å². The third-order valence-corrected chi connectivity index (χ3v) is 9.64. The lowest BCUT2D eigenvalue weighted by atomic mass is 10.00. The number of hydrogen-bond donors (Lipinski definition) is 0. The first-order chi connectivity index (χ1) is 24.8. The van der Waals surface area contributed by atoms with Crippen LogP contribution in [0, 0.1) is 0 Å². The zero-order chi connectivity index (χ0) is 33.0. The van der Waals surface area contributed by atoms with Crippen LogP contribution >= 0.6 is 0 Å². The molecule has 0 fully saturated rings. The Balaban J connectivity index is 1.23. The minimum atomic E-state index is 0.912. The molecule has 0 N–H and O–H groups in total. The second-order valence-corrected chi connectivity index (χ2v) is 12.5. The Hall–Kier alpha value is -6.85. The predicted molar refractivity (Wildman–Crippen MR) is 205 cm³/mol. The summed E-state index contributed by atoms with van der Waals surface area (Å²) in [6, 6.07) is 55.6. The van der Waals surface area contributed by atoms with Gasteiger partial charge in [0.2, 0.25) is 0 Å². The predicted octanol–water partition coefficient (Wildman–Crippen LogP) is 11.1. The molecule has 0 bridgehead atoms. The first-order valence-corrected chi connectivity index (χ1v) is 16.8. The summed E-state index contributed by atoms with van der Waals surface area (Å²) in [5.74, 6) is 0. The lowest BCUT2D eigenvalue weighted by Gasteiger charge is -2.14. The molecule has 0 spiro atoms. The summed E-state index contributed by atoms with van der Waals surface area (Å²) in [5, 5.41) is 3.57. The number of nitrogens with zero attached hydrogens (tertiary/aromatic N) is 5. The van der Waals surface area contributed by atoms with Crippen LogP contribution in [0.4, 0.5) is 0 Å². The average Bonchev–Trinajstić information content (AvgIpc) is 3.71. The van der Waals surface area contributed by atoms with Gasteiger partial charge >= 0.3 is 0 Å². The van der Waals surface area contributed by atoms with E-state index < -0.39 is 0 Å². The van der Waals surface area contributed by atoms with Crippen molar-refractivity contribution >= 4 is 43.7 Å². The number of rotatable bonds is 5. The van der Waals surface area contributed by atoms with Gasteiger partial charge in [-0.2, -0.15) is 0 Å². The smallest absolute Gasteiger partial charge is 0.0963 e. The molecule has 5 heteroatoms. The van der Waals surface area contributed by atoms with Gasteiger partial charge in [0.25, 0.3) is 0 Å². The van der Waals surface area contributed by atoms with E-state index in [1.165, 1.54) is 27.4 Å². The Labute approximate surface area is 288 Å². The molecule has 0 aliphatic rings. The second kappa shape index (κ2) is 11.4. The van der Waals surface area contributed by atoms with Gasteiger partial charge in [0.1, 0.15) is 0 Å². The van der Waals surface area contributed by atoms with Gasteiger partial charge in [-0.15, -0.1) is 0 Å². The van der Waals surface area contributed by atoms with E-state index in [0.29, 0.717) is 0 Å². The summed E-state index contributed by atoms with van der Waals surface area (Å²) in [4.78, 5) is 14.4.